The molecule has 20 heavy (non-hydrogen) atoms. The van der Waals surface area contributed by atoms with Crippen LogP contribution in [0.3, 0.4) is 0 Å². The van der Waals surface area contributed by atoms with Gasteiger partial charge in [-0.1, -0.05) is 0 Å². The number of hydrogen-bond acceptors (Lipinski definition) is 4. The zero-order valence-electron chi connectivity index (χ0n) is 12.4. The second-order valence-electron chi connectivity index (χ2n) is 5.53. The van der Waals surface area contributed by atoms with Crippen molar-refractivity contribution in [1.29, 1.82) is 0 Å². The van der Waals surface area contributed by atoms with E-state index in [-0.39, 0.29) is 5.56 Å². The van der Waals surface area contributed by atoms with Crippen molar-refractivity contribution in [2.45, 2.75) is 39.3 Å². The summed E-state index contributed by atoms with van der Waals surface area (Å²) in [5, 5.41) is 9.07. The molecule has 1 fully saturated rings. The molecule has 0 bridgehead atoms. The number of carbonyl (C=O) groups is 1. The largest absolute Gasteiger partial charge is 0.478 e. The Hall–Kier alpha value is -1.33. The van der Waals surface area contributed by atoms with Gasteiger partial charge in [0.15, 0.2) is 0 Å². The van der Waals surface area contributed by atoms with Gasteiger partial charge < -0.3 is 14.3 Å². The molecule has 5 nitrogen and oxygen atoms in total. The summed E-state index contributed by atoms with van der Waals surface area (Å²) in [5.74, 6) is 1.000. The van der Waals surface area contributed by atoms with E-state index in [1.165, 1.54) is 12.8 Å². The predicted octanol–water partition coefficient (Wildman–Crippen LogP) is 2.53. The Kier molecular flexibility index (Phi) is 4.83. The lowest BCUT2D eigenvalue weighted by Crippen LogP contribution is -2.36. The number of hydrogen-bond donors (Lipinski definition) is 1. The van der Waals surface area contributed by atoms with E-state index in [0.29, 0.717) is 30.7 Å². The summed E-state index contributed by atoms with van der Waals surface area (Å²) in [4.78, 5) is 13.4. The summed E-state index contributed by atoms with van der Waals surface area (Å²) >= 11 is 0. The average Bonchev–Trinajstić information content (AvgIpc) is 3.17. The zero-order valence-corrected chi connectivity index (χ0v) is 12.4. The van der Waals surface area contributed by atoms with Crippen LogP contribution < -0.4 is 0 Å². The first kappa shape index (κ1) is 15.1. The van der Waals surface area contributed by atoms with Gasteiger partial charge in [0.25, 0.3) is 0 Å². The summed E-state index contributed by atoms with van der Waals surface area (Å²) < 4.78 is 10.7. The lowest BCUT2D eigenvalue weighted by molar-refractivity contribution is 0.0695. The van der Waals surface area contributed by atoms with Crippen molar-refractivity contribution < 1.29 is 19.1 Å². The van der Waals surface area contributed by atoms with Crippen LogP contribution in [0.25, 0.3) is 0 Å². The Labute approximate surface area is 119 Å². The Balaban J connectivity index is 2.05. The van der Waals surface area contributed by atoms with Crippen molar-refractivity contribution in [1.82, 2.24) is 4.90 Å². The van der Waals surface area contributed by atoms with E-state index in [0.717, 1.165) is 12.5 Å². The summed E-state index contributed by atoms with van der Waals surface area (Å²) in [6.07, 6.45) is 2.56. The summed E-state index contributed by atoms with van der Waals surface area (Å²) in [6, 6.07) is 2.11. The molecule has 2 rings (SSSR count). The van der Waals surface area contributed by atoms with Gasteiger partial charge in [-0.25, -0.2) is 4.79 Å². The number of furan rings is 1. The van der Waals surface area contributed by atoms with Gasteiger partial charge in [-0.3, -0.25) is 4.90 Å². The van der Waals surface area contributed by atoms with Crippen LogP contribution in [0.4, 0.5) is 0 Å². The lowest BCUT2D eigenvalue weighted by atomic mass is 10.1. The Morgan fingerprint density at radius 3 is 2.80 bits per heavy atom. The fraction of sp³-hybridized carbons (Fsp3) is 0.667. The van der Waals surface area contributed by atoms with Crippen LogP contribution in [0.15, 0.2) is 10.5 Å². The monoisotopic (exact) mass is 281 g/mol. The van der Waals surface area contributed by atoms with Crippen LogP contribution in [-0.4, -0.2) is 42.3 Å². The number of carboxylic acid groups (broad SMARTS) is 1. The maximum atomic E-state index is 11.1. The van der Waals surface area contributed by atoms with E-state index in [2.05, 4.69) is 11.8 Å². The van der Waals surface area contributed by atoms with Crippen LogP contribution >= 0.6 is 0 Å². The first-order valence-corrected chi connectivity index (χ1v) is 7.08. The average molecular weight is 281 g/mol. The Bertz CT molecular complexity index is 464. The first-order valence-electron chi connectivity index (χ1n) is 7.08. The van der Waals surface area contributed by atoms with Gasteiger partial charge >= 0.3 is 5.97 Å². The van der Waals surface area contributed by atoms with Gasteiger partial charge in [0.2, 0.25) is 0 Å². The fourth-order valence-corrected chi connectivity index (χ4v) is 2.55. The maximum Gasteiger partial charge on any atom is 0.339 e. The molecular formula is C15H23NO4. The highest BCUT2D eigenvalue weighted by atomic mass is 16.5. The van der Waals surface area contributed by atoms with Gasteiger partial charge in [0.05, 0.1) is 13.2 Å². The molecule has 1 aromatic rings. The van der Waals surface area contributed by atoms with Crippen LogP contribution in [0.2, 0.25) is 0 Å². The quantitative estimate of drug-likeness (QED) is 0.793. The molecule has 0 spiro atoms. The molecule has 1 N–H and O–H groups in total. The van der Waals surface area contributed by atoms with E-state index < -0.39 is 5.97 Å². The SMILES string of the molecule is COCCN(Cc1cc(C(=O)O)c(C)o1)C(C)C1CC1. The standard InChI is InChI=1S/C15H23NO4/c1-10(12-4-5-12)16(6-7-19-3)9-13-8-14(15(17)18)11(2)20-13/h8,10,12H,4-7,9H2,1-3H3,(H,17,18). The topological polar surface area (TPSA) is 62.9 Å². The normalized spacial score (nSPS) is 16.6. The minimum Gasteiger partial charge on any atom is -0.478 e. The van der Waals surface area contributed by atoms with Crippen LogP contribution in [0.5, 0.6) is 0 Å². The van der Waals surface area contributed by atoms with Gasteiger partial charge in [0.1, 0.15) is 17.1 Å². The molecule has 1 aliphatic carbocycles. The van der Waals surface area contributed by atoms with Crippen molar-refractivity contribution in [3.8, 4) is 0 Å². The minimum atomic E-state index is -0.934. The summed E-state index contributed by atoms with van der Waals surface area (Å²) in [6.45, 7) is 6.05. The first-order chi connectivity index (χ1) is 9.52. The molecule has 0 radical (unpaired) electrons. The van der Waals surface area contributed by atoms with E-state index in [1.807, 2.05) is 0 Å². The highest BCUT2D eigenvalue weighted by Gasteiger charge is 2.32. The third-order valence-electron chi connectivity index (χ3n) is 4.02. The molecule has 0 aliphatic heterocycles. The molecule has 1 unspecified atom stereocenters. The van der Waals surface area contributed by atoms with Gasteiger partial charge in [-0.15, -0.1) is 0 Å². The number of rotatable bonds is 8. The molecule has 0 amide bonds. The Morgan fingerprint density at radius 2 is 2.30 bits per heavy atom. The van der Waals surface area contributed by atoms with Crippen molar-refractivity contribution in [3.63, 3.8) is 0 Å². The number of ether oxygens (including phenoxy) is 1. The predicted molar refractivity (Wildman–Crippen MR) is 74.9 cm³/mol. The third-order valence-corrected chi connectivity index (χ3v) is 4.02. The van der Waals surface area contributed by atoms with Crippen LogP contribution in [0.1, 0.15) is 41.6 Å². The van der Waals surface area contributed by atoms with E-state index in [1.54, 1.807) is 20.1 Å². The maximum absolute atomic E-state index is 11.1. The molecule has 1 aliphatic rings. The van der Waals surface area contributed by atoms with Crippen molar-refractivity contribution >= 4 is 5.97 Å². The van der Waals surface area contributed by atoms with E-state index >= 15 is 0 Å². The highest BCUT2D eigenvalue weighted by Crippen LogP contribution is 2.35. The molecule has 1 heterocycles. The molecule has 1 atom stereocenters. The molecule has 0 saturated heterocycles. The molecule has 5 heteroatoms. The van der Waals surface area contributed by atoms with E-state index in [9.17, 15) is 4.79 Å². The second-order valence-corrected chi connectivity index (χ2v) is 5.53. The lowest BCUT2D eigenvalue weighted by Gasteiger charge is -2.28. The molecular weight excluding hydrogens is 258 g/mol. The number of methoxy groups -OCH3 is 1. The number of aromatic carboxylic acids is 1. The summed E-state index contributed by atoms with van der Waals surface area (Å²) in [5.41, 5.74) is 0.255. The third kappa shape index (κ3) is 3.61. The second kappa shape index (κ2) is 6.41. The van der Waals surface area contributed by atoms with Gasteiger partial charge in [-0.05, 0) is 38.7 Å². The van der Waals surface area contributed by atoms with Crippen molar-refractivity contribution in [2.24, 2.45) is 5.92 Å². The summed E-state index contributed by atoms with van der Waals surface area (Å²) in [7, 11) is 1.69. The molecule has 1 saturated carbocycles. The molecule has 0 aromatic carbocycles. The molecule has 112 valence electrons. The zero-order chi connectivity index (χ0) is 14.7. The molecule has 1 aromatic heterocycles. The fourth-order valence-electron chi connectivity index (χ4n) is 2.55. The van der Waals surface area contributed by atoms with Crippen LogP contribution in [0, 0.1) is 12.8 Å². The highest BCUT2D eigenvalue weighted by molar-refractivity contribution is 5.88. The number of aryl methyl sites for hydroxylation is 1. The smallest absolute Gasteiger partial charge is 0.339 e. The van der Waals surface area contributed by atoms with E-state index in [4.69, 9.17) is 14.3 Å². The van der Waals surface area contributed by atoms with Crippen LogP contribution in [-0.2, 0) is 11.3 Å². The Morgan fingerprint density at radius 1 is 1.60 bits per heavy atom. The van der Waals surface area contributed by atoms with Gasteiger partial charge in [0, 0.05) is 19.7 Å². The van der Waals surface area contributed by atoms with Gasteiger partial charge in [-0.2, -0.15) is 0 Å². The van der Waals surface area contributed by atoms with Crippen molar-refractivity contribution in [2.75, 3.05) is 20.3 Å². The number of carboxylic acids is 1. The minimum absolute atomic E-state index is 0.255. The number of nitrogens with zero attached hydrogens (tertiary/aromatic N) is 1. The van der Waals surface area contributed by atoms with Crippen molar-refractivity contribution in [3.05, 3.63) is 23.2 Å².